The van der Waals surface area contributed by atoms with Crippen molar-refractivity contribution in [3.8, 4) is 17.6 Å². The number of methoxy groups -OCH3 is 1. The Labute approximate surface area is 171 Å². The zero-order valence-corrected chi connectivity index (χ0v) is 16.0. The number of aliphatic hydroxyl groups is 4. The molecule has 0 bridgehead atoms. The molecule has 11 heteroatoms. The second-order valence-corrected chi connectivity index (χ2v) is 6.33. The van der Waals surface area contributed by atoms with Gasteiger partial charge in [0.1, 0.15) is 31.0 Å². The number of aromatic hydroxyl groups is 1. The Morgan fingerprint density at radius 1 is 1.27 bits per heavy atom. The number of phenolic OH excluding ortho intramolecular Hbond substituents is 1. The highest BCUT2D eigenvalue weighted by atomic mass is 16.7. The van der Waals surface area contributed by atoms with Crippen LogP contribution in [-0.2, 0) is 14.2 Å². The SMILES string of the molecule is COc1cc(C(=O)OC[C@H]2O[C@@H](OC/C(C#N)=C/CO)[C@H](O)[C@@H](O)[C@@H]2O)ccc1O. The number of hydrogen-bond donors (Lipinski definition) is 5. The fourth-order valence-electron chi connectivity index (χ4n) is 2.66. The van der Waals surface area contributed by atoms with E-state index in [1.54, 1.807) is 6.07 Å². The Bertz CT molecular complexity index is 805. The molecule has 0 aliphatic carbocycles. The van der Waals surface area contributed by atoms with E-state index in [9.17, 15) is 25.2 Å². The van der Waals surface area contributed by atoms with Gasteiger partial charge in [-0.1, -0.05) is 0 Å². The molecule has 1 fully saturated rings. The molecule has 0 saturated carbocycles. The zero-order valence-electron chi connectivity index (χ0n) is 16.0. The van der Waals surface area contributed by atoms with E-state index < -0.39 is 43.3 Å². The molecule has 0 spiro atoms. The molecular weight excluding hydrogens is 402 g/mol. The molecule has 0 unspecified atom stereocenters. The van der Waals surface area contributed by atoms with E-state index in [1.807, 2.05) is 0 Å². The van der Waals surface area contributed by atoms with E-state index in [4.69, 9.17) is 29.3 Å². The van der Waals surface area contributed by atoms with Gasteiger partial charge in [0.15, 0.2) is 17.8 Å². The van der Waals surface area contributed by atoms with E-state index >= 15 is 0 Å². The normalized spacial score (nSPS) is 26.7. The third kappa shape index (κ3) is 5.67. The van der Waals surface area contributed by atoms with Crippen LogP contribution in [0.3, 0.4) is 0 Å². The lowest BCUT2D eigenvalue weighted by molar-refractivity contribution is -0.298. The number of ether oxygens (including phenoxy) is 4. The average Bonchev–Trinajstić information content (AvgIpc) is 2.75. The molecule has 1 aromatic rings. The van der Waals surface area contributed by atoms with Crippen LogP contribution in [-0.4, -0.2) is 89.1 Å². The van der Waals surface area contributed by atoms with Crippen molar-refractivity contribution in [1.29, 1.82) is 5.26 Å². The van der Waals surface area contributed by atoms with Crippen LogP contribution in [0.1, 0.15) is 10.4 Å². The lowest BCUT2D eigenvalue weighted by Gasteiger charge is -2.39. The first-order valence-corrected chi connectivity index (χ1v) is 8.87. The fourth-order valence-corrected chi connectivity index (χ4v) is 2.66. The Morgan fingerprint density at radius 3 is 2.63 bits per heavy atom. The first-order chi connectivity index (χ1) is 14.3. The zero-order chi connectivity index (χ0) is 22.3. The summed E-state index contributed by atoms with van der Waals surface area (Å²) in [6.07, 6.45) is -6.31. The molecule has 0 aromatic heterocycles. The molecule has 164 valence electrons. The van der Waals surface area contributed by atoms with Crippen LogP contribution in [0.2, 0.25) is 0 Å². The molecule has 2 rings (SSSR count). The predicted molar refractivity (Wildman–Crippen MR) is 98.4 cm³/mol. The van der Waals surface area contributed by atoms with Crippen molar-refractivity contribution in [2.45, 2.75) is 30.7 Å². The monoisotopic (exact) mass is 425 g/mol. The van der Waals surface area contributed by atoms with E-state index in [2.05, 4.69) is 0 Å². The van der Waals surface area contributed by atoms with Crippen molar-refractivity contribution >= 4 is 5.97 Å². The van der Waals surface area contributed by atoms with Crippen molar-refractivity contribution in [3.05, 3.63) is 35.4 Å². The van der Waals surface area contributed by atoms with Gasteiger partial charge in [-0.3, -0.25) is 0 Å². The summed E-state index contributed by atoms with van der Waals surface area (Å²) >= 11 is 0. The van der Waals surface area contributed by atoms with Crippen LogP contribution < -0.4 is 4.74 Å². The fraction of sp³-hybridized carbons (Fsp3) is 0.474. The highest BCUT2D eigenvalue weighted by Gasteiger charge is 2.44. The molecule has 1 saturated heterocycles. The molecule has 5 N–H and O–H groups in total. The number of nitrogens with zero attached hydrogens (tertiary/aromatic N) is 1. The van der Waals surface area contributed by atoms with E-state index in [0.717, 1.165) is 0 Å². The van der Waals surface area contributed by atoms with E-state index in [-0.39, 0.29) is 35.8 Å². The van der Waals surface area contributed by atoms with Gasteiger partial charge in [0.2, 0.25) is 0 Å². The predicted octanol–water partition coefficient (Wildman–Crippen LogP) is -1.18. The van der Waals surface area contributed by atoms with Crippen LogP contribution in [0.15, 0.2) is 29.8 Å². The van der Waals surface area contributed by atoms with E-state index in [1.165, 1.54) is 31.4 Å². The summed E-state index contributed by atoms with van der Waals surface area (Å²) in [7, 11) is 1.32. The second kappa shape index (κ2) is 10.9. The van der Waals surface area contributed by atoms with Crippen molar-refractivity contribution in [1.82, 2.24) is 0 Å². The number of esters is 1. The number of aliphatic hydroxyl groups excluding tert-OH is 4. The first kappa shape index (κ1) is 23.6. The summed E-state index contributed by atoms with van der Waals surface area (Å²) < 4.78 is 20.6. The van der Waals surface area contributed by atoms with Crippen LogP contribution in [0.25, 0.3) is 0 Å². The minimum atomic E-state index is -1.66. The second-order valence-electron chi connectivity index (χ2n) is 6.33. The van der Waals surface area contributed by atoms with Gasteiger partial charge < -0.3 is 44.5 Å². The summed E-state index contributed by atoms with van der Waals surface area (Å²) in [5, 5.41) is 57.5. The van der Waals surface area contributed by atoms with Crippen molar-refractivity contribution in [2.75, 3.05) is 26.9 Å². The molecule has 11 nitrogen and oxygen atoms in total. The van der Waals surface area contributed by atoms with Gasteiger partial charge in [0.25, 0.3) is 0 Å². The maximum atomic E-state index is 12.2. The highest BCUT2D eigenvalue weighted by Crippen LogP contribution is 2.27. The summed E-state index contributed by atoms with van der Waals surface area (Å²) in [6.45, 7) is -1.19. The maximum Gasteiger partial charge on any atom is 0.338 e. The Kier molecular flexibility index (Phi) is 8.55. The van der Waals surface area contributed by atoms with Gasteiger partial charge in [-0.2, -0.15) is 5.26 Å². The highest BCUT2D eigenvalue weighted by molar-refractivity contribution is 5.90. The number of benzene rings is 1. The van der Waals surface area contributed by atoms with Crippen molar-refractivity contribution in [3.63, 3.8) is 0 Å². The third-order valence-corrected chi connectivity index (χ3v) is 4.35. The van der Waals surface area contributed by atoms with Gasteiger partial charge in [-0.05, 0) is 24.3 Å². The number of carbonyl (C=O) groups excluding carboxylic acids is 1. The van der Waals surface area contributed by atoms with E-state index in [0.29, 0.717) is 0 Å². The maximum absolute atomic E-state index is 12.2. The molecule has 1 aromatic carbocycles. The molecule has 30 heavy (non-hydrogen) atoms. The standard InChI is InChI=1S/C19H23NO10/c1-27-13-6-11(2-3-12(13)22)18(26)28-9-14-15(23)16(24)17(25)19(30-14)29-8-10(7-20)4-5-21/h2-4,6,14-17,19,21-25H,5,8-9H2,1H3/b10-4+/t14-,15-,16+,17-,19-/m1/s1. The number of hydrogen-bond acceptors (Lipinski definition) is 11. The molecule has 1 aliphatic heterocycles. The average molecular weight is 425 g/mol. The quantitative estimate of drug-likeness (QED) is 0.250. The first-order valence-electron chi connectivity index (χ1n) is 8.87. The minimum Gasteiger partial charge on any atom is -0.504 e. The lowest BCUT2D eigenvalue weighted by atomic mass is 9.99. The van der Waals surface area contributed by atoms with Crippen LogP contribution >= 0.6 is 0 Å². The van der Waals surface area contributed by atoms with Crippen molar-refractivity contribution in [2.24, 2.45) is 0 Å². The summed E-state index contributed by atoms with van der Waals surface area (Å²) in [4.78, 5) is 12.2. The smallest absolute Gasteiger partial charge is 0.338 e. The van der Waals surface area contributed by atoms with Crippen molar-refractivity contribution < 1.29 is 49.3 Å². The third-order valence-electron chi connectivity index (χ3n) is 4.35. The molecule has 0 radical (unpaired) electrons. The van der Waals surface area contributed by atoms with Crippen LogP contribution in [0.5, 0.6) is 11.5 Å². The summed E-state index contributed by atoms with van der Waals surface area (Å²) in [6, 6.07) is 5.60. The van der Waals surface area contributed by atoms with Gasteiger partial charge in [-0.15, -0.1) is 0 Å². The number of rotatable bonds is 8. The molecule has 1 heterocycles. The number of phenols is 1. The van der Waals surface area contributed by atoms with Gasteiger partial charge in [-0.25, -0.2) is 4.79 Å². The number of nitriles is 1. The van der Waals surface area contributed by atoms with Gasteiger partial charge in [0, 0.05) is 0 Å². The summed E-state index contributed by atoms with van der Waals surface area (Å²) in [5.74, 6) is -0.904. The van der Waals surface area contributed by atoms with Gasteiger partial charge in [0.05, 0.1) is 37.5 Å². The molecular formula is C19H23NO10. The minimum absolute atomic E-state index is 0.0645. The Morgan fingerprint density at radius 2 is 2.00 bits per heavy atom. The Hall–Kier alpha value is -2.72. The largest absolute Gasteiger partial charge is 0.504 e. The molecule has 1 aliphatic rings. The Balaban J connectivity index is 2.01. The number of carbonyl (C=O) groups is 1. The van der Waals surface area contributed by atoms with Crippen LogP contribution in [0, 0.1) is 11.3 Å². The summed E-state index contributed by atoms with van der Waals surface area (Å²) in [5.41, 5.74) is 0.134. The topological polar surface area (TPSA) is 179 Å². The molecule has 5 atom stereocenters. The van der Waals surface area contributed by atoms with Crippen LogP contribution in [0.4, 0.5) is 0 Å². The molecule has 0 amide bonds. The van der Waals surface area contributed by atoms with Gasteiger partial charge >= 0.3 is 5.97 Å². The lowest BCUT2D eigenvalue weighted by Crippen LogP contribution is -2.59.